The van der Waals surface area contributed by atoms with Gasteiger partial charge < -0.3 is 15.4 Å². The number of pyridine rings is 1. The molecule has 4 N–H and O–H groups in total. The fourth-order valence-corrected chi connectivity index (χ4v) is 4.94. The van der Waals surface area contributed by atoms with E-state index >= 15 is 8.78 Å². The van der Waals surface area contributed by atoms with Gasteiger partial charge in [0, 0.05) is 37.0 Å². The highest BCUT2D eigenvalue weighted by Crippen LogP contribution is 2.35. The van der Waals surface area contributed by atoms with E-state index in [0.29, 0.717) is 23.4 Å². The molecule has 0 spiro atoms. The fourth-order valence-electron chi connectivity index (χ4n) is 4.47. The third kappa shape index (κ3) is 6.85. The highest BCUT2D eigenvalue weighted by molar-refractivity contribution is 7.77. The van der Waals surface area contributed by atoms with E-state index in [4.69, 9.17) is 4.74 Å². The molecule has 1 fully saturated rings. The Morgan fingerprint density at radius 2 is 1.83 bits per heavy atom. The first-order valence-corrected chi connectivity index (χ1v) is 13.5. The lowest BCUT2D eigenvalue weighted by molar-refractivity contribution is -0.0244. The SMILES string of the molecule is O=S(O)N[C@@H](c1ccccc1)c1ccc(Oc2ncccc2-c2ccnc(N[C@@H]3CNCC(F)(F)C3)n2)c(F)c1F. The maximum Gasteiger partial charge on any atom is 0.262 e. The van der Waals surface area contributed by atoms with Gasteiger partial charge in [-0.1, -0.05) is 36.4 Å². The molecular formula is C27H24F4N6O3S. The minimum atomic E-state index is -2.86. The molecule has 1 saturated heterocycles. The van der Waals surface area contributed by atoms with Crippen molar-refractivity contribution < 1.29 is 31.1 Å². The van der Waals surface area contributed by atoms with Gasteiger partial charge in [-0.3, -0.25) is 4.55 Å². The number of benzene rings is 2. The molecule has 0 saturated carbocycles. The zero-order valence-electron chi connectivity index (χ0n) is 21.2. The number of halogens is 4. The van der Waals surface area contributed by atoms with E-state index in [1.807, 2.05) is 0 Å². The average molecular weight is 589 g/mol. The number of nitrogens with one attached hydrogen (secondary N) is 3. The molecule has 41 heavy (non-hydrogen) atoms. The zero-order valence-corrected chi connectivity index (χ0v) is 22.0. The van der Waals surface area contributed by atoms with Crippen molar-refractivity contribution in [3.05, 3.63) is 95.8 Å². The van der Waals surface area contributed by atoms with E-state index in [1.165, 1.54) is 30.6 Å². The van der Waals surface area contributed by atoms with Crippen LogP contribution in [0.4, 0.5) is 23.5 Å². The Hall–Kier alpha value is -3.98. The van der Waals surface area contributed by atoms with Gasteiger partial charge in [-0.25, -0.2) is 37.1 Å². The zero-order chi connectivity index (χ0) is 29.0. The molecule has 0 radical (unpaired) electrons. The number of rotatable bonds is 9. The van der Waals surface area contributed by atoms with Gasteiger partial charge in [0.2, 0.25) is 28.9 Å². The van der Waals surface area contributed by atoms with Gasteiger partial charge in [-0.05, 0) is 29.8 Å². The summed E-state index contributed by atoms with van der Waals surface area (Å²) in [6, 6.07) is 13.7. The van der Waals surface area contributed by atoms with Crippen LogP contribution in [0.2, 0.25) is 0 Å². The number of ether oxygens (including phenoxy) is 1. The van der Waals surface area contributed by atoms with Crippen LogP contribution in [-0.4, -0.2) is 48.8 Å². The second-order valence-electron chi connectivity index (χ2n) is 9.25. The lowest BCUT2D eigenvalue weighted by Gasteiger charge is -2.30. The van der Waals surface area contributed by atoms with Crippen molar-refractivity contribution in [3.8, 4) is 22.9 Å². The summed E-state index contributed by atoms with van der Waals surface area (Å²) in [4.78, 5) is 12.6. The third-order valence-electron chi connectivity index (χ3n) is 6.30. The van der Waals surface area contributed by atoms with Crippen LogP contribution in [0, 0.1) is 11.6 Å². The van der Waals surface area contributed by atoms with Crippen molar-refractivity contribution in [2.45, 2.75) is 24.4 Å². The van der Waals surface area contributed by atoms with Gasteiger partial charge in [0.25, 0.3) is 5.92 Å². The number of alkyl halides is 2. The predicted molar refractivity (Wildman–Crippen MR) is 144 cm³/mol. The highest BCUT2D eigenvalue weighted by atomic mass is 32.2. The molecule has 5 rings (SSSR count). The van der Waals surface area contributed by atoms with Crippen molar-refractivity contribution in [3.63, 3.8) is 0 Å². The lowest BCUT2D eigenvalue weighted by Crippen LogP contribution is -2.49. The van der Waals surface area contributed by atoms with E-state index in [1.54, 1.807) is 42.5 Å². The van der Waals surface area contributed by atoms with Crippen molar-refractivity contribution in [2.75, 3.05) is 18.4 Å². The summed E-state index contributed by atoms with van der Waals surface area (Å²) in [6.07, 6.45) is 2.43. The first-order valence-electron chi connectivity index (χ1n) is 12.4. The van der Waals surface area contributed by atoms with Crippen LogP contribution in [-0.2, 0) is 11.3 Å². The number of nitrogens with zero attached hydrogens (tertiary/aromatic N) is 3. The van der Waals surface area contributed by atoms with Crippen molar-refractivity contribution in [1.82, 2.24) is 25.0 Å². The molecule has 1 unspecified atom stereocenters. The summed E-state index contributed by atoms with van der Waals surface area (Å²) < 4.78 is 87.0. The summed E-state index contributed by atoms with van der Waals surface area (Å²) in [5.41, 5.74) is 0.847. The second kappa shape index (κ2) is 12.3. The second-order valence-corrected chi connectivity index (χ2v) is 9.98. The Balaban J connectivity index is 1.41. The summed E-state index contributed by atoms with van der Waals surface area (Å²) >= 11 is -2.52. The van der Waals surface area contributed by atoms with Gasteiger partial charge in [-0.2, -0.15) is 4.39 Å². The molecule has 3 atom stereocenters. The third-order valence-corrected chi connectivity index (χ3v) is 6.74. The average Bonchev–Trinajstić information content (AvgIpc) is 2.95. The van der Waals surface area contributed by atoms with Gasteiger partial charge in [0.15, 0.2) is 11.6 Å². The van der Waals surface area contributed by atoms with Gasteiger partial charge in [0.1, 0.15) is 0 Å². The Labute approximate surface area is 234 Å². The number of hydrogen-bond donors (Lipinski definition) is 4. The van der Waals surface area contributed by atoms with Crippen LogP contribution in [0.5, 0.6) is 11.6 Å². The Bertz CT molecular complexity index is 1550. The summed E-state index contributed by atoms with van der Waals surface area (Å²) in [5, 5.41) is 5.57. The van der Waals surface area contributed by atoms with Crippen LogP contribution in [0.1, 0.15) is 23.6 Å². The number of aromatic nitrogens is 3. The topological polar surface area (TPSA) is 121 Å². The molecule has 0 aliphatic carbocycles. The molecule has 1 aliphatic heterocycles. The number of piperidine rings is 1. The lowest BCUT2D eigenvalue weighted by atomic mass is 9.99. The molecule has 1 aliphatic rings. The van der Waals surface area contributed by atoms with E-state index in [2.05, 4.69) is 30.3 Å². The molecular weight excluding hydrogens is 564 g/mol. The van der Waals surface area contributed by atoms with Crippen LogP contribution < -0.4 is 20.1 Å². The van der Waals surface area contributed by atoms with Crippen LogP contribution in [0.3, 0.4) is 0 Å². The minimum Gasteiger partial charge on any atom is -0.435 e. The van der Waals surface area contributed by atoms with Gasteiger partial charge in [-0.15, -0.1) is 0 Å². The molecule has 4 aromatic rings. The first kappa shape index (κ1) is 28.5. The maximum atomic E-state index is 15.3. The highest BCUT2D eigenvalue weighted by Gasteiger charge is 2.36. The molecule has 214 valence electrons. The fraction of sp³-hybridized carbons (Fsp3) is 0.222. The van der Waals surface area contributed by atoms with Crippen molar-refractivity contribution in [2.24, 2.45) is 0 Å². The molecule has 2 aromatic heterocycles. The summed E-state index contributed by atoms with van der Waals surface area (Å²) in [6.45, 7) is -0.0922. The Morgan fingerprint density at radius 3 is 2.59 bits per heavy atom. The monoisotopic (exact) mass is 588 g/mol. The molecule has 9 nitrogen and oxygen atoms in total. The van der Waals surface area contributed by atoms with Crippen molar-refractivity contribution >= 4 is 17.2 Å². The quantitative estimate of drug-likeness (QED) is 0.162. The van der Waals surface area contributed by atoms with Crippen LogP contribution in [0.25, 0.3) is 11.3 Å². The molecule has 2 aromatic carbocycles. The molecule has 3 heterocycles. The minimum absolute atomic E-state index is 0.0942. The van der Waals surface area contributed by atoms with E-state index in [9.17, 15) is 17.5 Å². The largest absolute Gasteiger partial charge is 0.435 e. The summed E-state index contributed by atoms with van der Waals surface area (Å²) in [7, 11) is 0. The van der Waals surface area contributed by atoms with E-state index in [-0.39, 0.29) is 23.8 Å². The van der Waals surface area contributed by atoms with Gasteiger partial charge >= 0.3 is 0 Å². The Morgan fingerprint density at radius 1 is 1.02 bits per heavy atom. The van der Waals surface area contributed by atoms with E-state index in [0.717, 1.165) is 0 Å². The smallest absolute Gasteiger partial charge is 0.262 e. The molecule has 0 amide bonds. The Kier molecular flexibility index (Phi) is 8.54. The van der Waals surface area contributed by atoms with E-state index < -0.39 is 53.2 Å². The number of hydrogen-bond acceptors (Lipinski definition) is 7. The maximum absolute atomic E-state index is 15.3. The summed E-state index contributed by atoms with van der Waals surface area (Å²) in [5.74, 6) is -5.95. The standard InChI is InChI=1S/C27H24F4N6O3S/c28-22-19(24(37-41(38)39)16-5-2-1-3-6-16)8-9-21(23(22)29)40-25-18(7-4-11-33-25)20-10-12-34-26(36-20)35-17-13-27(30,31)15-32-14-17/h1-12,17,24,32,37H,13-15H2,(H,38,39)(H,34,35,36)/t17-,24-/m0/s1. The van der Waals surface area contributed by atoms with Gasteiger partial charge in [0.05, 0.1) is 23.8 Å². The predicted octanol–water partition coefficient (Wildman–Crippen LogP) is 4.83. The van der Waals surface area contributed by atoms with Crippen LogP contribution >= 0.6 is 0 Å². The van der Waals surface area contributed by atoms with Crippen molar-refractivity contribution in [1.29, 1.82) is 0 Å². The number of anilines is 1. The van der Waals surface area contributed by atoms with Crippen LogP contribution in [0.15, 0.2) is 73.1 Å². The molecule has 0 bridgehead atoms. The first-order chi connectivity index (χ1) is 19.7. The molecule has 14 heteroatoms. The normalized spacial score (nSPS) is 17.9.